The molecule has 4 fully saturated rings. The number of esters is 1. The van der Waals surface area contributed by atoms with Gasteiger partial charge in [-0.25, -0.2) is 0 Å². The molecule has 4 rings (SSSR count). The van der Waals surface area contributed by atoms with Gasteiger partial charge in [0.05, 0.1) is 19.3 Å². The molecule has 0 spiro atoms. The molecule has 0 aromatic heterocycles. The number of hydrogen-bond acceptors (Lipinski definition) is 4. The lowest BCUT2D eigenvalue weighted by molar-refractivity contribution is -0.201. The summed E-state index contributed by atoms with van der Waals surface area (Å²) in [7, 11) is 1.45. The van der Waals surface area contributed by atoms with Gasteiger partial charge in [-0.05, 0) is 91.3 Å². The van der Waals surface area contributed by atoms with Crippen LogP contribution >= 0.6 is 0 Å². The summed E-state index contributed by atoms with van der Waals surface area (Å²) >= 11 is 0. The Kier molecular flexibility index (Phi) is 5.83. The maximum atomic E-state index is 11.7. The van der Waals surface area contributed by atoms with Gasteiger partial charge in [0.1, 0.15) is 0 Å². The van der Waals surface area contributed by atoms with Gasteiger partial charge in [0, 0.05) is 6.42 Å². The van der Waals surface area contributed by atoms with Crippen molar-refractivity contribution in [3.8, 4) is 0 Å². The first-order valence-corrected chi connectivity index (χ1v) is 12.2. The van der Waals surface area contributed by atoms with Crippen molar-refractivity contribution < 1.29 is 19.7 Å². The summed E-state index contributed by atoms with van der Waals surface area (Å²) < 4.78 is 4.84. The maximum Gasteiger partial charge on any atom is 0.305 e. The summed E-state index contributed by atoms with van der Waals surface area (Å²) in [6.45, 7) is 7.02. The molecular formula is C25H42O4. The molecular weight excluding hydrogens is 364 g/mol. The van der Waals surface area contributed by atoms with E-state index < -0.39 is 0 Å². The topological polar surface area (TPSA) is 66.8 Å². The number of hydrogen-bond donors (Lipinski definition) is 2. The number of rotatable bonds is 4. The van der Waals surface area contributed by atoms with E-state index in [2.05, 4.69) is 20.8 Å². The normalized spacial score (nSPS) is 50.2. The van der Waals surface area contributed by atoms with Crippen LogP contribution < -0.4 is 0 Å². The Morgan fingerprint density at radius 1 is 1.10 bits per heavy atom. The van der Waals surface area contributed by atoms with Crippen LogP contribution in [0.1, 0.15) is 85.0 Å². The molecule has 4 saturated carbocycles. The van der Waals surface area contributed by atoms with Crippen molar-refractivity contribution in [2.75, 3.05) is 7.11 Å². The minimum atomic E-state index is -0.300. The minimum Gasteiger partial charge on any atom is -0.469 e. The van der Waals surface area contributed by atoms with Gasteiger partial charge in [-0.1, -0.05) is 33.6 Å². The highest BCUT2D eigenvalue weighted by molar-refractivity contribution is 5.69. The molecule has 4 heteroatoms. The van der Waals surface area contributed by atoms with Crippen molar-refractivity contribution in [1.29, 1.82) is 0 Å². The van der Waals surface area contributed by atoms with Crippen molar-refractivity contribution in [2.45, 2.75) is 97.2 Å². The van der Waals surface area contributed by atoms with Crippen LogP contribution in [0.2, 0.25) is 0 Å². The number of methoxy groups -OCH3 is 1. The number of ether oxygens (including phenoxy) is 1. The lowest BCUT2D eigenvalue weighted by Crippen LogP contribution is -2.61. The fourth-order valence-electron chi connectivity index (χ4n) is 8.84. The van der Waals surface area contributed by atoms with Crippen LogP contribution in [0.15, 0.2) is 0 Å². The van der Waals surface area contributed by atoms with E-state index in [1.54, 1.807) is 0 Å². The Morgan fingerprint density at radius 2 is 1.86 bits per heavy atom. The fraction of sp³-hybridized carbons (Fsp3) is 0.960. The van der Waals surface area contributed by atoms with E-state index in [1.165, 1.54) is 32.8 Å². The van der Waals surface area contributed by atoms with E-state index in [0.29, 0.717) is 47.3 Å². The third-order valence-corrected chi connectivity index (χ3v) is 10.5. The summed E-state index contributed by atoms with van der Waals surface area (Å²) in [6.07, 6.45) is 9.92. The Balaban J connectivity index is 1.58. The van der Waals surface area contributed by atoms with Crippen LogP contribution in [0.5, 0.6) is 0 Å². The van der Waals surface area contributed by atoms with E-state index in [0.717, 1.165) is 32.1 Å². The number of fused-ring (bicyclic) bond motifs is 5. The van der Waals surface area contributed by atoms with Gasteiger partial charge >= 0.3 is 5.97 Å². The fourth-order valence-corrected chi connectivity index (χ4v) is 8.84. The van der Waals surface area contributed by atoms with Crippen LogP contribution in [0.25, 0.3) is 0 Å². The van der Waals surface area contributed by atoms with Crippen LogP contribution in [-0.2, 0) is 9.53 Å². The summed E-state index contributed by atoms with van der Waals surface area (Å²) in [5.41, 5.74) is 0.147. The zero-order chi connectivity index (χ0) is 21.0. The predicted octanol–water partition coefficient (Wildman–Crippen LogP) is 4.57. The minimum absolute atomic E-state index is 0.139. The second-order valence-corrected chi connectivity index (χ2v) is 11.4. The second-order valence-electron chi connectivity index (χ2n) is 11.4. The summed E-state index contributed by atoms with van der Waals surface area (Å²) in [5.74, 6) is 2.47. The molecule has 10 atom stereocenters. The molecule has 2 N–H and O–H groups in total. The van der Waals surface area contributed by atoms with Crippen molar-refractivity contribution in [3.63, 3.8) is 0 Å². The van der Waals surface area contributed by atoms with E-state index >= 15 is 0 Å². The van der Waals surface area contributed by atoms with Gasteiger partial charge in [-0.3, -0.25) is 4.79 Å². The largest absolute Gasteiger partial charge is 0.469 e. The standard InChI is InChI=1S/C25H42O4/c1-15(8-11-22(28)29-4)17-9-10-18-23-19(14-21(27)25(17,18)3)24(2)12-6-5-7-16(24)13-20(23)26/h15-21,23,26-27H,5-14H2,1-4H3/t15-,16-,17-,18+,19+,20+,21-,23+,24+,25-/m1/s1. The Hall–Kier alpha value is -0.610. The average molecular weight is 407 g/mol. The van der Waals surface area contributed by atoms with E-state index in [-0.39, 0.29) is 23.6 Å². The molecule has 0 aromatic carbocycles. The second kappa shape index (κ2) is 7.82. The first kappa shape index (κ1) is 21.6. The summed E-state index contributed by atoms with van der Waals surface area (Å²) in [4.78, 5) is 11.7. The molecule has 4 aliphatic carbocycles. The molecule has 4 nitrogen and oxygen atoms in total. The van der Waals surface area contributed by atoms with Crippen LogP contribution in [0.3, 0.4) is 0 Å². The van der Waals surface area contributed by atoms with Crippen molar-refractivity contribution in [1.82, 2.24) is 0 Å². The third kappa shape index (κ3) is 3.28. The number of aliphatic hydroxyl groups excluding tert-OH is 2. The van der Waals surface area contributed by atoms with Crippen molar-refractivity contribution in [2.24, 2.45) is 46.3 Å². The Labute approximate surface area is 176 Å². The molecule has 166 valence electrons. The van der Waals surface area contributed by atoms with E-state index in [1.807, 2.05) is 0 Å². The highest BCUT2D eigenvalue weighted by atomic mass is 16.5. The maximum absolute atomic E-state index is 11.7. The van der Waals surface area contributed by atoms with E-state index in [4.69, 9.17) is 4.74 Å². The number of aliphatic hydroxyl groups is 2. The predicted molar refractivity (Wildman–Crippen MR) is 113 cm³/mol. The molecule has 0 radical (unpaired) electrons. The number of carbonyl (C=O) groups is 1. The first-order valence-electron chi connectivity index (χ1n) is 12.2. The van der Waals surface area contributed by atoms with Gasteiger partial charge in [-0.15, -0.1) is 0 Å². The lowest BCUT2D eigenvalue weighted by atomic mass is 9.43. The zero-order valence-electron chi connectivity index (χ0n) is 18.9. The SMILES string of the molecule is COC(=O)CC[C@@H](C)[C@H]1CC[C@H]2[C@@H]3[C@@H](O)C[C@H]4CCCC[C@]4(C)[C@H]3C[C@@H](O)[C@]12C. The molecule has 0 saturated heterocycles. The molecule has 29 heavy (non-hydrogen) atoms. The lowest BCUT2D eigenvalue weighted by Gasteiger charge is -2.63. The smallest absolute Gasteiger partial charge is 0.305 e. The highest BCUT2D eigenvalue weighted by Gasteiger charge is 2.65. The number of carbonyl (C=O) groups excluding carboxylic acids is 1. The van der Waals surface area contributed by atoms with Crippen molar-refractivity contribution >= 4 is 5.97 Å². The monoisotopic (exact) mass is 406 g/mol. The molecule has 0 aromatic rings. The molecule has 0 unspecified atom stereocenters. The van der Waals surface area contributed by atoms with E-state index in [9.17, 15) is 15.0 Å². The van der Waals surface area contributed by atoms with Crippen LogP contribution in [-0.4, -0.2) is 35.5 Å². The third-order valence-electron chi connectivity index (χ3n) is 10.5. The zero-order valence-corrected chi connectivity index (χ0v) is 18.9. The summed E-state index contributed by atoms with van der Waals surface area (Å²) in [5, 5.41) is 22.8. The van der Waals surface area contributed by atoms with Gasteiger partial charge in [0.2, 0.25) is 0 Å². The first-order chi connectivity index (χ1) is 13.7. The van der Waals surface area contributed by atoms with Gasteiger partial charge < -0.3 is 14.9 Å². The van der Waals surface area contributed by atoms with Gasteiger partial charge in [-0.2, -0.15) is 0 Å². The molecule has 4 aliphatic rings. The average Bonchev–Trinajstić information content (AvgIpc) is 3.05. The Bertz CT molecular complexity index is 620. The van der Waals surface area contributed by atoms with Gasteiger partial charge in [0.15, 0.2) is 0 Å². The van der Waals surface area contributed by atoms with Crippen LogP contribution in [0.4, 0.5) is 0 Å². The molecule has 0 aliphatic heterocycles. The van der Waals surface area contributed by atoms with Crippen LogP contribution in [0, 0.1) is 46.3 Å². The quantitative estimate of drug-likeness (QED) is 0.671. The highest BCUT2D eigenvalue weighted by Crippen LogP contribution is 2.68. The Morgan fingerprint density at radius 3 is 2.59 bits per heavy atom. The molecule has 0 amide bonds. The molecule has 0 heterocycles. The summed E-state index contributed by atoms with van der Waals surface area (Å²) in [6, 6.07) is 0. The van der Waals surface area contributed by atoms with Gasteiger partial charge in [0.25, 0.3) is 0 Å². The molecule has 0 bridgehead atoms. The van der Waals surface area contributed by atoms with Crippen molar-refractivity contribution in [3.05, 3.63) is 0 Å².